The highest BCUT2D eigenvalue weighted by molar-refractivity contribution is 5.82. The maximum Gasteiger partial charge on any atom is 0.225 e. The van der Waals surface area contributed by atoms with Gasteiger partial charge in [0.05, 0.1) is 0 Å². The van der Waals surface area contributed by atoms with E-state index in [-0.39, 0.29) is 22.8 Å². The molecule has 1 saturated heterocycles. The number of amides is 2. The summed E-state index contributed by atoms with van der Waals surface area (Å²) >= 11 is 0. The second kappa shape index (κ2) is 6.60. The largest absolute Gasteiger partial charge is 0.351 e. The number of hydrogen-bond acceptors (Lipinski definition) is 2. The predicted octanol–water partition coefficient (Wildman–Crippen LogP) is 3.85. The topological polar surface area (TPSA) is 49.4 Å². The molecule has 0 spiro atoms. The van der Waals surface area contributed by atoms with Gasteiger partial charge in [-0.15, -0.1) is 0 Å². The number of fused-ring (bicyclic) bond motifs is 1. The molecule has 4 nitrogen and oxygen atoms in total. The number of benzene rings is 1. The van der Waals surface area contributed by atoms with Crippen molar-refractivity contribution in [1.29, 1.82) is 0 Å². The van der Waals surface area contributed by atoms with Crippen molar-refractivity contribution in [3.8, 4) is 0 Å². The fraction of sp³-hybridized carbons (Fsp3) is 0.667. The van der Waals surface area contributed by atoms with Crippen molar-refractivity contribution in [2.24, 2.45) is 17.8 Å². The summed E-state index contributed by atoms with van der Waals surface area (Å²) in [5.41, 5.74) is 2.82. The van der Waals surface area contributed by atoms with E-state index >= 15 is 0 Å². The molecule has 4 heteroatoms. The lowest BCUT2D eigenvalue weighted by Gasteiger charge is -2.46. The molecule has 1 heterocycles. The summed E-state index contributed by atoms with van der Waals surface area (Å²) in [6, 6.07) is 9.13. The lowest BCUT2D eigenvalue weighted by molar-refractivity contribution is -0.142. The molecule has 0 bridgehead atoms. The predicted molar refractivity (Wildman–Crippen MR) is 111 cm³/mol. The first-order valence-corrected chi connectivity index (χ1v) is 10.8. The van der Waals surface area contributed by atoms with Crippen LogP contribution in [0.3, 0.4) is 0 Å². The van der Waals surface area contributed by atoms with Gasteiger partial charge in [0.15, 0.2) is 0 Å². The molecule has 0 aromatic heterocycles. The number of nitrogens with zero attached hydrogens (tertiary/aromatic N) is 1. The van der Waals surface area contributed by atoms with Crippen LogP contribution in [0.15, 0.2) is 24.3 Å². The van der Waals surface area contributed by atoms with Gasteiger partial charge in [-0.05, 0) is 54.1 Å². The van der Waals surface area contributed by atoms with E-state index in [4.69, 9.17) is 0 Å². The standard InChI is InChI=1S/C24H34N2O2/c1-6-20(27)25-24(5)11-16(12-24)22(28)26-13-18-19(14-26)21(18)15-7-9-17(10-8-15)23(2,3)4/h7-10,16,18-19,21H,6,11-14H2,1-5H3,(H,25,27)/t16-,18-,19+,21+,24+. The Balaban J connectivity index is 1.29. The zero-order valence-corrected chi connectivity index (χ0v) is 17.9. The number of hydrogen-bond donors (Lipinski definition) is 1. The summed E-state index contributed by atoms with van der Waals surface area (Å²) in [7, 11) is 0. The Morgan fingerprint density at radius 3 is 2.18 bits per heavy atom. The van der Waals surface area contributed by atoms with Crippen LogP contribution >= 0.6 is 0 Å². The Kier molecular flexibility index (Phi) is 4.59. The van der Waals surface area contributed by atoms with Crippen LogP contribution in [0.5, 0.6) is 0 Å². The molecule has 1 aromatic carbocycles. The molecular formula is C24H34N2O2. The number of likely N-dealkylation sites (tertiary alicyclic amines) is 1. The minimum Gasteiger partial charge on any atom is -0.351 e. The van der Waals surface area contributed by atoms with Gasteiger partial charge in [0.25, 0.3) is 0 Å². The van der Waals surface area contributed by atoms with Gasteiger partial charge < -0.3 is 10.2 Å². The average molecular weight is 383 g/mol. The molecule has 0 unspecified atom stereocenters. The van der Waals surface area contributed by atoms with Crippen molar-refractivity contribution in [2.45, 2.75) is 70.8 Å². The molecule has 2 amide bonds. The fourth-order valence-corrected chi connectivity index (χ4v) is 5.39. The molecular weight excluding hydrogens is 348 g/mol. The smallest absolute Gasteiger partial charge is 0.225 e. The van der Waals surface area contributed by atoms with E-state index in [0.29, 0.717) is 30.1 Å². The zero-order valence-electron chi connectivity index (χ0n) is 17.9. The highest BCUT2D eigenvalue weighted by Gasteiger charge is 2.58. The summed E-state index contributed by atoms with van der Waals surface area (Å²) in [5, 5.41) is 3.07. The van der Waals surface area contributed by atoms with Crippen LogP contribution in [0, 0.1) is 17.8 Å². The van der Waals surface area contributed by atoms with E-state index in [1.165, 1.54) is 11.1 Å². The molecule has 1 N–H and O–H groups in total. The summed E-state index contributed by atoms with van der Waals surface area (Å²) in [6.07, 6.45) is 2.06. The first kappa shape index (κ1) is 19.5. The van der Waals surface area contributed by atoms with Crippen LogP contribution in [0.1, 0.15) is 70.9 Å². The molecule has 3 fully saturated rings. The van der Waals surface area contributed by atoms with Gasteiger partial charge >= 0.3 is 0 Å². The van der Waals surface area contributed by atoms with Crippen molar-refractivity contribution in [3.63, 3.8) is 0 Å². The number of carbonyl (C=O) groups is 2. The van der Waals surface area contributed by atoms with Gasteiger partial charge in [-0.1, -0.05) is 52.0 Å². The van der Waals surface area contributed by atoms with Gasteiger partial charge in [-0.3, -0.25) is 9.59 Å². The van der Waals surface area contributed by atoms with Crippen LogP contribution in [0.2, 0.25) is 0 Å². The lowest BCUT2D eigenvalue weighted by atomic mass is 9.68. The molecule has 2 saturated carbocycles. The second-order valence-electron chi connectivity index (χ2n) is 10.5. The van der Waals surface area contributed by atoms with Gasteiger partial charge in [0, 0.05) is 31.0 Å². The molecule has 1 aliphatic heterocycles. The van der Waals surface area contributed by atoms with Crippen LogP contribution in [-0.2, 0) is 15.0 Å². The molecule has 1 aromatic rings. The third-order valence-corrected chi connectivity index (χ3v) is 7.17. The Morgan fingerprint density at radius 2 is 1.68 bits per heavy atom. The van der Waals surface area contributed by atoms with Crippen LogP contribution in [-0.4, -0.2) is 35.3 Å². The molecule has 28 heavy (non-hydrogen) atoms. The lowest BCUT2D eigenvalue weighted by Crippen LogP contribution is -2.58. The average Bonchev–Trinajstić information content (AvgIpc) is 3.11. The normalized spacial score (nSPS) is 33.8. The van der Waals surface area contributed by atoms with E-state index in [0.717, 1.165) is 25.9 Å². The Bertz CT molecular complexity index is 759. The Labute approximate surface area is 169 Å². The number of carbonyl (C=O) groups excluding carboxylic acids is 2. The summed E-state index contributed by atoms with van der Waals surface area (Å²) < 4.78 is 0. The van der Waals surface area contributed by atoms with Crippen molar-refractivity contribution in [2.75, 3.05) is 13.1 Å². The molecule has 4 rings (SSSR count). The van der Waals surface area contributed by atoms with E-state index in [1.807, 2.05) is 6.92 Å². The minimum absolute atomic E-state index is 0.0798. The maximum absolute atomic E-state index is 12.8. The van der Waals surface area contributed by atoms with E-state index in [9.17, 15) is 9.59 Å². The molecule has 2 aliphatic carbocycles. The zero-order chi connectivity index (χ0) is 20.3. The second-order valence-corrected chi connectivity index (χ2v) is 10.5. The van der Waals surface area contributed by atoms with Crippen molar-refractivity contribution < 1.29 is 9.59 Å². The Morgan fingerprint density at radius 1 is 1.11 bits per heavy atom. The SMILES string of the molecule is CCC(=O)N[C@]1(C)C[C@H](C(=O)N2C[C@@H]3[C@H](C2)[C@H]3c2ccc(C(C)(C)C)cc2)C1. The highest BCUT2D eigenvalue weighted by Crippen LogP contribution is 2.58. The molecule has 3 atom stereocenters. The third kappa shape index (κ3) is 3.46. The molecule has 3 aliphatic rings. The third-order valence-electron chi connectivity index (χ3n) is 7.17. The molecule has 0 radical (unpaired) electrons. The van der Waals surface area contributed by atoms with Crippen LogP contribution in [0.4, 0.5) is 0 Å². The minimum atomic E-state index is -0.187. The number of nitrogens with one attached hydrogen (secondary N) is 1. The first-order chi connectivity index (χ1) is 13.1. The maximum atomic E-state index is 12.8. The van der Waals surface area contributed by atoms with E-state index in [2.05, 4.69) is 62.2 Å². The number of piperidine rings is 1. The number of rotatable bonds is 4. The summed E-state index contributed by atoms with van der Waals surface area (Å²) in [5.74, 6) is 2.37. The van der Waals surface area contributed by atoms with Crippen molar-refractivity contribution in [1.82, 2.24) is 10.2 Å². The quantitative estimate of drug-likeness (QED) is 0.860. The first-order valence-electron chi connectivity index (χ1n) is 10.8. The monoisotopic (exact) mass is 382 g/mol. The van der Waals surface area contributed by atoms with Crippen molar-refractivity contribution in [3.05, 3.63) is 35.4 Å². The summed E-state index contributed by atoms with van der Waals surface area (Å²) in [4.78, 5) is 26.6. The van der Waals surface area contributed by atoms with Crippen LogP contribution in [0.25, 0.3) is 0 Å². The van der Waals surface area contributed by atoms with Gasteiger partial charge in [-0.25, -0.2) is 0 Å². The summed E-state index contributed by atoms with van der Waals surface area (Å²) in [6.45, 7) is 12.5. The molecule has 152 valence electrons. The fourth-order valence-electron chi connectivity index (χ4n) is 5.39. The van der Waals surface area contributed by atoms with Gasteiger partial charge in [-0.2, -0.15) is 0 Å². The highest BCUT2D eigenvalue weighted by atomic mass is 16.2. The Hall–Kier alpha value is -1.84. The van der Waals surface area contributed by atoms with Gasteiger partial charge in [0.2, 0.25) is 11.8 Å². The van der Waals surface area contributed by atoms with Crippen molar-refractivity contribution >= 4 is 11.8 Å². The van der Waals surface area contributed by atoms with E-state index < -0.39 is 0 Å². The van der Waals surface area contributed by atoms with Gasteiger partial charge in [0.1, 0.15) is 0 Å². The van der Waals surface area contributed by atoms with Crippen LogP contribution < -0.4 is 5.32 Å². The van der Waals surface area contributed by atoms with E-state index in [1.54, 1.807) is 0 Å².